The molecule has 2 heterocycles. The molecule has 0 aliphatic rings. The molecule has 1 amide bonds. The molecule has 2 rings (SSSR count). The Labute approximate surface area is 101 Å². The molecular weight excluding hydrogens is 248 g/mol. The molecule has 4 nitrogen and oxygen atoms in total. The fraction of sp³-hybridized carbons (Fsp3) is 0.200. The van der Waals surface area contributed by atoms with Crippen LogP contribution in [0.1, 0.15) is 21.1 Å². The molecule has 0 bridgehead atoms. The third-order valence-corrected chi connectivity index (χ3v) is 3.24. The molecule has 0 saturated carbocycles. The molecule has 0 unspecified atom stereocenters. The van der Waals surface area contributed by atoms with Crippen molar-refractivity contribution in [3.8, 4) is 0 Å². The van der Waals surface area contributed by atoms with Crippen LogP contribution in [0.5, 0.6) is 0 Å². The van der Waals surface area contributed by atoms with E-state index in [1.54, 1.807) is 0 Å². The van der Waals surface area contributed by atoms with Crippen molar-refractivity contribution in [2.45, 2.75) is 13.8 Å². The van der Waals surface area contributed by atoms with E-state index in [0.29, 0.717) is 5.13 Å². The smallest absolute Gasteiger partial charge is 0.293 e. The van der Waals surface area contributed by atoms with E-state index in [9.17, 15) is 4.79 Å². The number of carbonyl (C=O) groups excluding carboxylic acids is 1. The molecule has 0 saturated heterocycles. The molecule has 0 radical (unpaired) electrons. The first-order valence-electron chi connectivity index (χ1n) is 4.57. The Balaban J connectivity index is 2.13. The average Bonchev–Trinajstić information content (AvgIpc) is 2.75. The number of amides is 1. The minimum Gasteiger partial charge on any atom is -0.440 e. The zero-order chi connectivity index (χ0) is 11.7. The predicted octanol–water partition coefficient (Wildman–Crippen LogP) is 3.26. The maximum atomic E-state index is 11.7. The van der Waals surface area contributed by atoms with Crippen LogP contribution in [-0.4, -0.2) is 10.9 Å². The lowest BCUT2D eigenvalue weighted by atomic mass is 10.4. The SMILES string of the molecule is Cc1nc(NC(=O)c2ccc(Cl)o2)sc1C. The normalized spacial score (nSPS) is 10.4. The van der Waals surface area contributed by atoms with Crippen LogP contribution in [0.15, 0.2) is 16.5 Å². The summed E-state index contributed by atoms with van der Waals surface area (Å²) in [7, 11) is 0. The van der Waals surface area contributed by atoms with Crippen molar-refractivity contribution < 1.29 is 9.21 Å². The summed E-state index contributed by atoms with van der Waals surface area (Å²) in [4.78, 5) is 16.9. The van der Waals surface area contributed by atoms with Crippen molar-refractivity contribution in [2.75, 3.05) is 5.32 Å². The molecule has 6 heteroatoms. The van der Waals surface area contributed by atoms with Crippen molar-refractivity contribution in [1.82, 2.24) is 4.98 Å². The summed E-state index contributed by atoms with van der Waals surface area (Å²) in [6, 6.07) is 3.04. The molecule has 0 spiro atoms. The van der Waals surface area contributed by atoms with Crippen molar-refractivity contribution >= 4 is 34.0 Å². The van der Waals surface area contributed by atoms with E-state index in [0.717, 1.165) is 10.6 Å². The summed E-state index contributed by atoms with van der Waals surface area (Å²) < 4.78 is 4.98. The standard InChI is InChI=1S/C10H9ClN2O2S/c1-5-6(2)16-10(12-5)13-9(14)7-3-4-8(11)15-7/h3-4H,1-2H3,(H,12,13,14). The lowest BCUT2D eigenvalue weighted by Crippen LogP contribution is -2.10. The number of anilines is 1. The van der Waals surface area contributed by atoms with Gasteiger partial charge in [0.25, 0.3) is 5.91 Å². The van der Waals surface area contributed by atoms with Crippen LogP contribution in [0.4, 0.5) is 5.13 Å². The average molecular weight is 257 g/mol. The van der Waals surface area contributed by atoms with Crippen LogP contribution < -0.4 is 5.32 Å². The minimum atomic E-state index is -0.347. The summed E-state index contributed by atoms with van der Waals surface area (Å²) in [5.74, 6) is -0.170. The third kappa shape index (κ3) is 2.25. The molecule has 1 N–H and O–H groups in total. The highest BCUT2D eigenvalue weighted by molar-refractivity contribution is 7.15. The van der Waals surface area contributed by atoms with Gasteiger partial charge in [0.2, 0.25) is 0 Å². The predicted molar refractivity (Wildman–Crippen MR) is 63.3 cm³/mol. The van der Waals surface area contributed by atoms with E-state index in [-0.39, 0.29) is 16.9 Å². The Kier molecular flexibility index (Phi) is 2.98. The second-order valence-electron chi connectivity index (χ2n) is 3.22. The number of aryl methyl sites for hydroxylation is 2. The van der Waals surface area contributed by atoms with E-state index >= 15 is 0 Å². The van der Waals surface area contributed by atoms with Crippen LogP contribution in [0.25, 0.3) is 0 Å². The first-order chi connectivity index (χ1) is 7.56. The maximum absolute atomic E-state index is 11.7. The summed E-state index contributed by atoms with van der Waals surface area (Å²) in [5.41, 5.74) is 0.915. The van der Waals surface area contributed by atoms with Gasteiger partial charge in [0.15, 0.2) is 16.1 Å². The largest absolute Gasteiger partial charge is 0.440 e. The van der Waals surface area contributed by atoms with Gasteiger partial charge in [0, 0.05) is 4.88 Å². The number of thiazole rings is 1. The van der Waals surface area contributed by atoms with Crippen LogP contribution in [-0.2, 0) is 0 Å². The highest BCUT2D eigenvalue weighted by Gasteiger charge is 2.13. The number of furan rings is 1. The van der Waals surface area contributed by atoms with Gasteiger partial charge < -0.3 is 4.42 Å². The van der Waals surface area contributed by atoms with Gasteiger partial charge in [-0.3, -0.25) is 10.1 Å². The molecule has 16 heavy (non-hydrogen) atoms. The topological polar surface area (TPSA) is 55.1 Å². The van der Waals surface area contributed by atoms with Gasteiger partial charge in [-0.1, -0.05) is 0 Å². The van der Waals surface area contributed by atoms with E-state index < -0.39 is 0 Å². The highest BCUT2D eigenvalue weighted by Crippen LogP contribution is 2.22. The van der Waals surface area contributed by atoms with Crippen LogP contribution in [0.2, 0.25) is 5.22 Å². The Hall–Kier alpha value is -1.33. The Bertz CT molecular complexity index is 513. The van der Waals surface area contributed by atoms with E-state index in [1.807, 2.05) is 13.8 Å². The Morgan fingerprint density at radius 2 is 2.25 bits per heavy atom. The third-order valence-electron chi connectivity index (χ3n) is 2.05. The molecule has 2 aromatic rings. The quantitative estimate of drug-likeness (QED) is 0.897. The van der Waals surface area contributed by atoms with Crippen LogP contribution in [0, 0.1) is 13.8 Å². The number of nitrogens with zero attached hydrogens (tertiary/aromatic N) is 1. The second kappa shape index (κ2) is 4.27. The van der Waals surface area contributed by atoms with Gasteiger partial charge in [-0.25, -0.2) is 4.98 Å². The first-order valence-corrected chi connectivity index (χ1v) is 5.76. The fourth-order valence-electron chi connectivity index (χ4n) is 1.12. The molecule has 0 aliphatic carbocycles. The first kappa shape index (κ1) is 11.2. The minimum absolute atomic E-state index is 0.176. The number of aromatic nitrogens is 1. The number of halogens is 1. The van der Waals surface area contributed by atoms with E-state index in [4.69, 9.17) is 16.0 Å². The molecule has 0 aromatic carbocycles. The number of carbonyl (C=O) groups is 1. The molecular formula is C10H9ClN2O2S. The van der Waals surface area contributed by atoms with Gasteiger partial charge in [0.05, 0.1) is 5.69 Å². The van der Waals surface area contributed by atoms with Gasteiger partial charge in [-0.2, -0.15) is 0 Å². The van der Waals surface area contributed by atoms with Crippen molar-refractivity contribution in [3.05, 3.63) is 33.7 Å². The number of rotatable bonds is 2. The Morgan fingerprint density at radius 3 is 2.75 bits per heavy atom. The Morgan fingerprint density at radius 1 is 1.50 bits per heavy atom. The van der Waals surface area contributed by atoms with Crippen molar-refractivity contribution in [3.63, 3.8) is 0 Å². The zero-order valence-electron chi connectivity index (χ0n) is 8.70. The molecule has 0 fully saturated rings. The summed E-state index contributed by atoms with van der Waals surface area (Å²) in [5, 5.41) is 3.40. The van der Waals surface area contributed by atoms with Crippen LogP contribution in [0.3, 0.4) is 0 Å². The maximum Gasteiger partial charge on any atom is 0.293 e. The van der Waals surface area contributed by atoms with Crippen molar-refractivity contribution in [1.29, 1.82) is 0 Å². The molecule has 2 aromatic heterocycles. The summed E-state index contributed by atoms with van der Waals surface area (Å²) in [6.07, 6.45) is 0. The lowest BCUT2D eigenvalue weighted by Gasteiger charge is -1.96. The van der Waals surface area contributed by atoms with Gasteiger partial charge in [0.1, 0.15) is 0 Å². The zero-order valence-corrected chi connectivity index (χ0v) is 10.3. The fourth-order valence-corrected chi connectivity index (χ4v) is 2.08. The van der Waals surface area contributed by atoms with E-state index in [1.165, 1.54) is 23.5 Å². The number of hydrogen-bond acceptors (Lipinski definition) is 4. The van der Waals surface area contributed by atoms with Gasteiger partial charge in [-0.15, -0.1) is 11.3 Å². The van der Waals surface area contributed by atoms with Gasteiger partial charge >= 0.3 is 0 Å². The van der Waals surface area contributed by atoms with Gasteiger partial charge in [-0.05, 0) is 37.6 Å². The molecule has 0 aliphatic heterocycles. The number of hydrogen-bond donors (Lipinski definition) is 1. The van der Waals surface area contributed by atoms with E-state index in [2.05, 4.69) is 10.3 Å². The summed E-state index contributed by atoms with van der Waals surface area (Å²) >= 11 is 7.00. The molecule has 0 atom stereocenters. The van der Waals surface area contributed by atoms with Crippen LogP contribution >= 0.6 is 22.9 Å². The summed E-state index contributed by atoms with van der Waals surface area (Å²) in [6.45, 7) is 3.84. The number of nitrogens with one attached hydrogen (secondary N) is 1. The lowest BCUT2D eigenvalue weighted by molar-refractivity contribution is 0.0997. The van der Waals surface area contributed by atoms with Crippen molar-refractivity contribution in [2.24, 2.45) is 0 Å². The highest BCUT2D eigenvalue weighted by atomic mass is 35.5. The monoisotopic (exact) mass is 256 g/mol. The second-order valence-corrected chi connectivity index (χ2v) is 4.79. The molecule has 84 valence electrons.